The van der Waals surface area contributed by atoms with Crippen molar-refractivity contribution in [1.29, 1.82) is 0 Å². The molecule has 1 aromatic carbocycles. The van der Waals surface area contributed by atoms with Crippen LogP contribution in [-0.4, -0.2) is 12.4 Å². The van der Waals surface area contributed by atoms with Crippen LogP contribution in [0.2, 0.25) is 15.1 Å². The van der Waals surface area contributed by atoms with Crippen LogP contribution in [-0.2, 0) is 0 Å². The second-order valence-corrected chi connectivity index (χ2v) is 6.42. The summed E-state index contributed by atoms with van der Waals surface area (Å²) in [4.78, 5) is 0. The molecule has 1 fully saturated rings. The van der Waals surface area contributed by atoms with Gasteiger partial charge in [-0.05, 0) is 30.7 Å². The monoisotopic (exact) mass is 324 g/mol. The molecule has 1 aliphatic carbocycles. The normalized spacial score (nSPS) is 18.0. The van der Waals surface area contributed by atoms with Crippen molar-refractivity contribution >= 4 is 47.4 Å². The molecule has 0 aliphatic heterocycles. The van der Waals surface area contributed by atoms with E-state index in [0.29, 0.717) is 27.4 Å². The first-order valence-corrected chi connectivity index (χ1v) is 7.71. The highest BCUT2D eigenvalue weighted by Gasteiger charge is 2.33. The number of hydrogen-bond donors (Lipinski definition) is 1. The Morgan fingerprint density at radius 3 is 2.17 bits per heavy atom. The number of rotatable bonds is 4. The molecule has 2 rings (SSSR count). The Morgan fingerprint density at radius 2 is 1.67 bits per heavy atom. The van der Waals surface area contributed by atoms with E-state index in [4.69, 9.17) is 39.5 Å². The summed E-state index contributed by atoms with van der Waals surface area (Å²) in [6, 6.07) is 3.29. The highest BCUT2D eigenvalue weighted by Crippen LogP contribution is 2.42. The Morgan fingerprint density at radius 1 is 1.11 bits per heavy atom. The van der Waals surface area contributed by atoms with Gasteiger partial charge in [0.05, 0.1) is 16.7 Å². The average molecular weight is 326 g/mol. The third-order valence-electron chi connectivity index (χ3n) is 3.49. The molecule has 5 heteroatoms. The molecule has 1 aliphatic rings. The molecule has 1 aromatic rings. The van der Waals surface area contributed by atoms with Crippen molar-refractivity contribution in [2.75, 3.05) is 12.4 Å². The maximum Gasteiger partial charge on any atom is 0.156 e. The molecule has 0 spiro atoms. The molecular formula is C13H15Cl3OS. The summed E-state index contributed by atoms with van der Waals surface area (Å²) in [6.45, 7) is 0.609. The molecule has 0 aromatic heterocycles. The standard InChI is InChI=1S/C13H15Cl3OS/c14-9-5-10(15)12(11(16)6-9)17-7-13(8-18)3-1-2-4-13/h5-6,18H,1-4,7-8H2. The first kappa shape index (κ1) is 14.6. The van der Waals surface area contributed by atoms with Crippen LogP contribution in [0.1, 0.15) is 25.7 Å². The molecule has 1 saturated carbocycles. The molecule has 100 valence electrons. The number of thiol groups is 1. The fourth-order valence-electron chi connectivity index (χ4n) is 2.37. The van der Waals surface area contributed by atoms with Gasteiger partial charge in [-0.25, -0.2) is 0 Å². The third kappa shape index (κ3) is 3.22. The van der Waals surface area contributed by atoms with Crippen LogP contribution in [0.4, 0.5) is 0 Å². The maximum atomic E-state index is 6.10. The highest BCUT2D eigenvalue weighted by atomic mass is 35.5. The Balaban J connectivity index is 2.10. The quantitative estimate of drug-likeness (QED) is 0.717. The molecule has 0 heterocycles. The smallest absolute Gasteiger partial charge is 0.156 e. The molecule has 0 saturated heterocycles. The summed E-state index contributed by atoms with van der Waals surface area (Å²) < 4.78 is 5.83. The SMILES string of the molecule is SCC1(COc2c(Cl)cc(Cl)cc2Cl)CCCC1. The maximum absolute atomic E-state index is 6.10. The van der Waals surface area contributed by atoms with Crippen LogP contribution in [0.5, 0.6) is 5.75 Å². The lowest BCUT2D eigenvalue weighted by atomic mass is 9.90. The summed E-state index contributed by atoms with van der Waals surface area (Å²) >= 11 is 22.5. The van der Waals surface area contributed by atoms with Crippen molar-refractivity contribution in [3.8, 4) is 5.75 Å². The average Bonchev–Trinajstić information content (AvgIpc) is 2.77. The van der Waals surface area contributed by atoms with Gasteiger partial charge in [0, 0.05) is 10.4 Å². The second kappa shape index (κ2) is 6.13. The first-order chi connectivity index (χ1) is 8.56. The van der Waals surface area contributed by atoms with Gasteiger partial charge in [0.2, 0.25) is 0 Å². The minimum absolute atomic E-state index is 0.162. The molecule has 0 bridgehead atoms. The lowest BCUT2D eigenvalue weighted by molar-refractivity contribution is 0.173. The largest absolute Gasteiger partial charge is 0.490 e. The molecule has 0 N–H and O–H groups in total. The van der Waals surface area contributed by atoms with Crippen molar-refractivity contribution in [3.63, 3.8) is 0 Å². The van der Waals surface area contributed by atoms with E-state index < -0.39 is 0 Å². The first-order valence-electron chi connectivity index (χ1n) is 5.94. The predicted octanol–water partition coefficient (Wildman–Crippen LogP) is 5.52. The van der Waals surface area contributed by atoms with Gasteiger partial charge in [-0.2, -0.15) is 12.6 Å². The summed E-state index contributed by atoms with van der Waals surface area (Å²) in [6.07, 6.45) is 4.79. The van der Waals surface area contributed by atoms with Crippen LogP contribution in [0.15, 0.2) is 12.1 Å². The van der Waals surface area contributed by atoms with Gasteiger partial charge < -0.3 is 4.74 Å². The van der Waals surface area contributed by atoms with E-state index in [1.54, 1.807) is 12.1 Å². The summed E-state index contributed by atoms with van der Waals surface area (Å²) in [5.41, 5.74) is 0.162. The van der Waals surface area contributed by atoms with E-state index in [1.807, 2.05) is 0 Å². The van der Waals surface area contributed by atoms with Crippen LogP contribution in [0.25, 0.3) is 0 Å². The van der Waals surface area contributed by atoms with E-state index in [-0.39, 0.29) is 5.41 Å². The zero-order chi connectivity index (χ0) is 13.2. The van der Waals surface area contributed by atoms with Gasteiger partial charge in [0.1, 0.15) is 0 Å². The van der Waals surface area contributed by atoms with Crippen molar-refractivity contribution in [1.82, 2.24) is 0 Å². The van der Waals surface area contributed by atoms with Crippen molar-refractivity contribution in [2.45, 2.75) is 25.7 Å². The lowest BCUT2D eigenvalue weighted by Gasteiger charge is -2.27. The molecular weight excluding hydrogens is 311 g/mol. The van der Waals surface area contributed by atoms with E-state index in [9.17, 15) is 0 Å². The second-order valence-electron chi connectivity index (χ2n) is 4.85. The van der Waals surface area contributed by atoms with Crippen LogP contribution >= 0.6 is 47.4 Å². The molecule has 0 radical (unpaired) electrons. The van der Waals surface area contributed by atoms with Gasteiger partial charge in [-0.3, -0.25) is 0 Å². The van der Waals surface area contributed by atoms with E-state index in [1.165, 1.54) is 12.8 Å². The van der Waals surface area contributed by atoms with Crippen LogP contribution in [0, 0.1) is 5.41 Å². The van der Waals surface area contributed by atoms with Gasteiger partial charge in [0.15, 0.2) is 5.75 Å². The molecule has 0 amide bonds. The molecule has 0 unspecified atom stereocenters. The Bertz CT molecular complexity index is 407. The van der Waals surface area contributed by atoms with E-state index in [0.717, 1.165) is 18.6 Å². The summed E-state index contributed by atoms with van der Waals surface area (Å²) in [5, 5.41) is 1.43. The Labute approximate surface area is 128 Å². The topological polar surface area (TPSA) is 9.23 Å². The molecule has 1 nitrogen and oxygen atoms in total. The molecule has 0 atom stereocenters. The van der Waals surface area contributed by atoms with Crippen molar-refractivity contribution < 1.29 is 4.74 Å². The summed E-state index contributed by atoms with van der Waals surface area (Å²) in [5.74, 6) is 1.35. The van der Waals surface area contributed by atoms with Crippen LogP contribution in [0.3, 0.4) is 0 Å². The van der Waals surface area contributed by atoms with Gasteiger partial charge >= 0.3 is 0 Å². The van der Waals surface area contributed by atoms with Crippen molar-refractivity contribution in [3.05, 3.63) is 27.2 Å². The van der Waals surface area contributed by atoms with E-state index >= 15 is 0 Å². The zero-order valence-corrected chi connectivity index (χ0v) is 13.0. The minimum atomic E-state index is 0.162. The summed E-state index contributed by atoms with van der Waals surface area (Å²) in [7, 11) is 0. The number of halogens is 3. The Kier molecular flexibility index (Phi) is 4.99. The number of ether oxygens (including phenoxy) is 1. The predicted molar refractivity (Wildman–Crippen MR) is 81.7 cm³/mol. The fourth-order valence-corrected chi connectivity index (χ4v) is 3.70. The van der Waals surface area contributed by atoms with Crippen LogP contribution < -0.4 is 4.74 Å². The fraction of sp³-hybridized carbons (Fsp3) is 0.538. The number of benzene rings is 1. The third-order valence-corrected chi connectivity index (χ3v) is 4.94. The van der Waals surface area contributed by atoms with Gasteiger partial charge in [-0.15, -0.1) is 0 Å². The highest BCUT2D eigenvalue weighted by molar-refractivity contribution is 7.80. The van der Waals surface area contributed by atoms with Gasteiger partial charge in [0.25, 0.3) is 0 Å². The number of hydrogen-bond acceptors (Lipinski definition) is 2. The molecule has 18 heavy (non-hydrogen) atoms. The zero-order valence-electron chi connectivity index (χ0n) is 9.89. The minimum Gasteiger partial charge on any atom is -0.490 e. The lowest BCUT2D eigenvalue weighted by Crippen LogP contribution is -2.27. The van der Waals surface area contributed by atoms with Crippen molar-refractivity contribution in [2.24, 2.45) is 5.41 Å². The van der Waals surface area contributed by atoms with E-state index in [2.05, 4.69) is 12.6 Å². The Hall–Kier alpha value is 0.240. The van der Waals surface area contributed by atoms with Gasteiger partial charge in [-0.1, -0.05) is 47.6 Å².